The van der Waals surface area contributed by atoms with Gasteiger partial charge in [0.15, 0.2) is 0 Å². The summed E-state index contributed by atoms with van der Waals surface area (Å²) in [5, 5.41) is 0. The summed E-state index contributed by atoms with van der Waals surface area (Å²) in [7, 11) is 1.27. The lowest BCUT2D eigenvalue weighted by atomic mass is 10.1. The van der Waals surface area contributed by atoms with E-state index >= 15 is 0 Å². The molecule has 1 aliphatic rings. The molecule has 1 amide bonds. The Hall–Kier alpha value is -2.45. The number of carbonyl (C=O) groups is 2. The number of nitrogens with zero attached hydrogens (tertiary/aromatic N) is 1. The van der Waals surface area contributed by atoms with Crippen molar-refractivity contribution in [3.05, 3.63) is 63.4 Å². The van der Waals surface area contributed by atoms with Gasteiger partial charge >= 0.3 is 5.97 Å². The topological polar surface area (TPSA) is 65.1 Å². The van der Waals surface area contributed by atoms with E-state index in [2.05, 4.69) is 15.9 Å². The van der Waals surface area contributed by atoms with Crippen molar-refractivity contribution >= 4 is 27.8 Å². The SMILES string of the molecule is COC(=O)c1cc(Br)c(C(=O)N2CCOCC2)cc1OCc1ccc(F)cc1. The van der Waals surface area contributed by atoms with Gasteiger partial charge in [-0.2, -0.15) is 0 Å². The first kappa shape index (κ1) is 20.3. The molecule has 1 aliphatic heterocycles. The third-order valence-electron chi connectivity index (χ3n) is 4.31. The molecule has 2 aromatic carbocycles. The Morgan fingerprint density at radius 2 is 1.82 bits per heavy atom. The van der Waals surface area contributed by atoms with E-state index in [0.29, 0.717) is 36.3 Å². The van der Waals surface area contributed by atoms with Crippen LogP contribution in [0, 0.1) is 5.82 Å². The molecule has 2 aromatic rings. The molecule has 0 radical (unpaired) electrons. The van der Waals surface area contributed by atoms with Crippen LogP contribution in [0.15, 0.2) is 40.9 Å². The largest absolute Gasteiger partial charge is 0.488 e. The fourth-order valence-corrected chi connectivity index (χ4v) is 3.30. The van der Waals surface area contributed by atoms with Crippen LogP contribution in [0.5, 0.6) is 5.75 Å². The lowest BCUT2D eigenvalue weighted by Crippen LogP contribution is -2.40. The zero-order valence-corrected chi connectivity index (χ0v) is 16.8. The Kier molecular flexibility index (Phi) is 6.64. The molecule has 3 rings (SSSR count). The second kappa shape index (κ2) is 9.16. The molecule has 0 spiro atoms. The number of hydrogen-bond donors (Lipinski definition) is 0. The van der Waals surface area contributed by atoms with Crippen molar-refractivity contribution in [2.45, 2.75) is 6.61 Å². The van der Waals surface area contributed by atoms with Crippen LogP contribution in [0.4, 0.5) is 4.39 Å². The van der Waals surface area contributed by atoms with Gasteiger partial charge in [0.05, 0.1) is 25.9 Å². The zero-order chi connectivity index (χ0) is 20.1. The Morgan fingerprint density at radius 1 is 1.14 bits per heavy atom. The molecule has 148 valence electrons. The van der Waals surface area contributed by atoms with Crippen LogP contribution in [0.2, 0.25) is 0 Å². The molecule has 1 saturated heterocycles. The van der Waals surface area contributed by atoms with Gasteiger partial charge in [-0.1, -0.05) is 12.1 Å². The van der Waals surface area contributed by atoms with Crippen molar-refractivity contribution in [1.29, 1.82) is 0 Å². The van der Waals surface area contributed by atoms with Crippen LogP contribution in [-0.4, -0.2) is 50.2 Å². The van der Waals surface area contributed by atoms with E-state index < -0.39 is 5.97 Å². The number of halogens is 2. The van der Waals surface area contributed by atoms with E-state index in [1.54, 1.807) is 17.0 Å². The molecule has 0 aromatic heterocycles. The maximum atomic E-state index is 13.1. The summed E-state index contributed by atoms with van der Waals surface area (Å²) >= 11 is 3.37. The predicted molar refractivity (Wildman–Crippen MR) is 103 cm³/mol. The highest BCUT2D eigenvalue weighted by Crippen LogP contribution is 2.30. The fraction of sp³-hybridized carbons (Fsp3) is 0.300. The van der Waals surface area contributed by atoms with Crippen molar-refractivity contribution in [3.63, 3.8) is 0 Å². The van der Waals surface area contributed by atoms with Gasteiger partial charge in [-0.25, -0.2) is 9.18 Å². The minimum Gasteiger partial charge on any atom is -0.488 e. The number of carbonyl (C=O) groups excluding carboxylic acids is 2. The summed E-state index contributed by atoms with van der Waals surface area (Å²) in [6, 6.07) is 8.87. The monoisotopic (exact) mass is 451 g/mol. The maximum Gasteiger partial charge on any atom is 0.341 e. The van der Waals surface area contributed by atoms with E-state index in [-0.39, 0.29) is 29.6 Å². The van der Waals surface area contributed by atoms with Crippen LogP contribution < -0.4 is 4.74 Å². The standard InChI is InChI=1S/C20H19BrFNO5/c1-26-20(25)16-10-17(21)15(19(24)23-6-8-27-9-7-23)11-18(16)28-12-13-2-4-14(22)5-3-13/h2-5,10-11H,6-9,12H2,1H3. The van der Waals surface area contributed by atoms with Gasteiger partial charge in [0.2, 0.25) is 0 Å². The number of morpholine rings is 1. The van der Waals surface area contributed by atoms with E-state index in [1.165, 1.54) is 31.4 Å². The number of hydrogen-bond acceptors (Lipinski definition) is 5. The Bertz CT molecular complexity index is 866. The number of rotatable bonds is 5. The highest BCUT2D eigenvalue weighted by atomic mass is 79.9. The van der Waals surface area contributed by atoms with E-state index in [9.17, 15) is 14.0 Å². The van der Waals surface area contributed by atoms with Crippen molar-refractivity contribution in [2.75, 3.05) is 33.4 Å². The van der Waals surface area contributed by atoms with E-state index in [0.717, 1.165) is 5.56 Å². The summed E-state index contributed by atoms with van der Waals surface area (Å²) in [5.74, 6) is -0.893. The first-order valence-electron chi connectivity index (χ1n) is 8.65. The molecular weight excluding hydrogens is 433 g/mol. The Labute approximate surface area is 170 Å². The smallest absolute Gasteiger partial charge is 0.341 e. The third-order valence-corrected chi connectivity index (χ3v) is 4.97. The average Bonchev–Trinajstić information content (AvgIpc) is 2.73. The first-order chi connectivity index (χ1) is 13.5. The summed E-state index contributed by atoms with van der Waals surface area (Å²) in [4.78, 5) is 26.7. The summed E-state index contributed by atoms with van der Waals surface area (Å²) < 4.78 is 29.4. The quantitative estimate of drug-likeness (QED) is 0.651. The third kappa shape index (κ3) is 4.69. The Balaban J connectivity index is 1.89. The van der Waals surface area contributed by atoms with Gasteiger partial charge in [-0.05, 0) is 45.8 Å². The molecule has 0 aliphatic carbocycles. The average molecular weight is 452 g/mol. The van der Waals surface area contributed by atoms with E-state index in [4.69, 9.17) is 14.2 Å². The molecule has 6 nitrogen and oxygen atoms in total. The van der Waals surface area contributed by atoms with Crippen LogP contribution in [0.1, 0.15) is 26.3 Å². The number of methoxy groups -OCH3 is 1. The molecule has 0 N–H and O–H groups in total. The van der Waals surface area contributed by atoms with Crippen molar-refractivity contribution < 1.29 is 28.2 Å². The second-order valence-electron chi connectivity index (χ2n) is 6.14. The lowest BCUT2D eigenvalue weighted by Gasteiger charge is -2.27. The van der Waals surface area contributed by atoms with Crippen molar-refractivity contribution in [3.8, 4) is 5.75 Å². The van der Waals surface area contributed by atoms with E-state index in [1.807, 2.05) is 0 Å². The van der Waals surface area contributed by atoms with Gasteiger partial charge in [-0.3, -0.25) is 4.79 Å². The number of ether oxygens (including phenoxy) is 3. The van der Waals surface area contributed by atoms with Crippen LogP contribution in [0.3, 0.4) is 0 Å². The summed E-state index contributed by atoms with van der Waals surface area (Å²) in [5.41, 5.74) is 1.29. The Morgan fingerprint density at radius 3 is 2.46 bits per heavy atom. The van der Waals surface area contributed by atoms with Gasteiger partial charge in [-0.15, -0.1) is 0 Å². The molecule has 0 atom stereocenters. The van der Waals surface area contributed by atoms with Crippen molar-refractivity contribution in [2.24, 2.45) is 0 Å². The lowest BCUT2D eigenvalue weighted by molar-refractivity contribution is 0.0301. The molecule has 1 fully saturated rings. The second-order valence-corrected chi connectivity index (χ2v) is 6.99. The number of esters is 1. The van der Waals surface area contributed by atoms with Crippen molar-refractivity contribution in [1.82, 2.24) is 4.90 Å². The zero-order valence-electron chi connectivity index (χ0n) is 15.2. The fourth-order valence-electron chi connectivity index (χ4n) is 2.78. The van der Waals surface area contributed by atoms with Gasteiger partial charge in [0.1, 0.15) is 23.7 Å². The molecule has 0 bridgehead atoms. The number of benzene rings is 2. The van der Waals surface area contributed by atoms with Crippen LogP contribution in [0.25, 0.3) is 0 Å². The maximum absolute atomic E-state index is 13.1. The molecule has 28 heavy (non-hydrogen) atoms. The summed E-state index contributed by atoms with van der Waals surface area (Å²) in [6.07, 6.45) is 0. The minimum atomic E-state index is -0.583. The highest BCUT2D eigenvalue weighted by Gasteiger charge is 2.24. The highest BCUT2D eigenvalue weighted by molar-refractivity contribution is 9.10. The predicted octanol–water partition coefficient (Wildman–Crippen LogP) is 3.43. The molecular formula is C20H19BrFNO5. The molecule has 0 saturated carbocycles. The molecule has 1 heterocycles. The van der Waals surface area contributed by atoms with Crippen LogP contribution in [-0.2, 0) is 16.1 Å². The first-order valence-corrected chi connectivity index (χ1v) is 9.45. The number of amides is 1. The van der Waals surface area contributed by atoms with Gasteiger partial charge in [0.25, 0.3) is 5.91 Å². The molecule has 8 heteroatoms. The van der Waals surface area contributed by atoms with Gasteiger partial charge in [0, 0.05) is 17.6 Å². The minimum absolute atomic E-state index is 0.108. The van der Waals surface area contributed by atoms with Gasteiger partial charge < -0.3 is 19.1 Å². The normalized spacial score (nSPS) is 13.9. The molecule has 0 unspecified atom stereocenters. The summed E-state index contributed by atoms with van der Waals surface area (Å²) in [6.45, 7) is 2.07. The van der Waals surface area contributed by atoms with Crippen LogP contribution >= 0.6 is 15.9 Å².